The molecule has 1 aromatic carbocycles. The molecule has 0 bridgehead atoms. The molecule has 0 spiro atoms. The minimum Gasteiger partial charge on any atom is -0.364 e. The van der Waals surface area contributed by atoms with Crippen LogP contribution < -0.4 is 5.73 Å². The Morgan fingerprint density at radius 2 is 1.94 bits per heavy atom. The number of hydrogen-bond donors (Lipinski definition) is 1. The second-order valence-corrected chi connectivity index (χ2v) is 3.72. The number of primary amides is 1. The number of rotatable bonds is 2. The largest absolute Gasteiger partial charge is 0.364 e. The van der Waals surface area contributed by atoms with Crippen molar-refractivity contribution in [1.82, 2.24) is 4.98 Å². The summed E-state index contributed by atoms with van der Waals surface area (Å²) in [6.45, 7) is 0. The van der Waals surface area contributed by atoms with Gasteiger partial charge in [-0.2, -0.15) is 0 Å². The molecule has 0 fully saturated rings. The molecule has 0 saturated carbocycles. The summed E-state index contributed by atoms with van der Waals surface area (Å²) in [6.07, 6.45) is 0. The normalized spacial score (nSPS) is 10.1. The zero-order valence-corrected chi connectivity index (χ0v) is 9.11. The van der Waals surface area contributed by atoms with Crippen molar-refractivity contribution in [2.75, 3.05) is 0 Å². The molecular weight excluding hydrogens is 224 g/mol. The Morgan fingerprint density at radius 3 is 2.62 bits per heavy atom. The van der Waals surface area contributed by atoms with Crippen molar-refractivity contribution in [1.29, 1.82) is 0 Å². The molecule has 0 saturated heterocycles. The molecule has 2 N–H and O–H groups in total. The number of nitrogens with zero attached hydrogens (tertiary/aromatic N) is 1. The second kappa shape index (κ2) is 4.33. The van der Waals surface area contributed by atoms with Crippen LogP contribution in [0, 0.1) is 0 Å². The Hall–Kier alpha value is -1.87. The van der Waals surface area contributed by atoms with Crippen LogP contribution in [-0.4, -0.2) is 10.9 Å². The average molecular weight is 233 g/mol. The van der Waals surface area contributed by atoms with E-state index in [4.69, 9.17) is 17.3 Å². The highest BCUT2D eigenvalue weighted by molar-refractivity contribution is 6.30. The van der Waals surface area contributed by atoms with Crippen molar-refractivity contribution >= 4 is 17.5 Å². The minimum atomic E-state index is -0.538. The quantitative estimate of drug-likeness (QED) is 0.865. The molecule has 80 valence electrons. The van der Waals surface area contributed by atoms with Gasteiger partial charge in [0.15, 0.2) is 0 Å². The molecule has 0 radical (unpaired) electrons. The number of carbonyl (C=O) groups excluding carboxylic acids is 1. The summed E-state index contributed by atoms with van der Waals surface area (Å²) in [4.78, 5) is 15.1. The molecule has 2 rings (SSSR count). The Bertz CT molecular complexity index is 540. The molecule has 1 aromatic heterocycles. The van der Waals surface area contributed by atoms with E-state index in [0.29, 0.717) is 10.7 Å². The summed E-state index contributed by atoms with van der Waals surface area (Å²) in [5.41, 5.74) is 6.95. The molecule has 0 aliphatic heterocycles. The van der Waals surface area contributed by atoms with Crippen LogP contribution in [0.1, 0.15) is 10.5 Å². The molecule has 2 aromatic rings. The number of amides is 1. The first kappa shape index (κ1) is 10.6. The second-order valence-electron chi connectivity index (χ2n) is 3.28. The maximum absolute atomic E-state index is 11.0. The third-order valence-electron chi connectivity index (χ3n) is 2.12. The van der Waals surface area contributed by atoms with Gasteiger partial charge in [-0.1, -0.05) is 29.8 Å². The third kappa shape index (κ3) is 2.20. The van der Waals surface area contributed by atoms with E-state index in [1.54, 1.807) is 30.3 Å². The lowest BCUT2D eigenvalue weighted by atomic mass is 10.1. The number of nitrogens with two attached hydrogens (primary N) is 1. The van der Waals surface area contributed by atoms with Gasteiger partial charge in [0.1, 0.15) is 5.69 Å². The van der Waals surface area contributed by atoms with E-state index in [9.17, 15) is 4.79 Å². The van der Waals surface area contributed by atoms with Gasteiger partial charge in [0.05, 0.1) is 5.69 Å². The van der Waals surface area contributed by atoms with E-state index in [-0.39, 0.29) is 5.69 Å². The highest BCUT2D eigenvalue weighted by Crippen LogP contribution is 2.20. The maximum atomic E-state index is 11.0. The average Bonchev–Trinajstić information content (AvgIpc) is 2.29. The number of pyridine rings is 1. The van der Waals surface area contributed by atoms with E-state index >= 15 is 0 Å². The Balaban J connectivity index is 2.48. The summed E-state index contributed by atoms with van der Waals surface area (Å²) >= 11 is 5.88. The fraction of sp³-hybridized carbons (Fsp3) is 0. The highest BCUT2D eigenvalue weighted by atomic mass is 35.5. The van der Waals surface area contributed by atoms with Crippen molar-refractivity contribution in [3.8, 4) is 11.3 Å². The summed E-state index contributed by atoms with van der Waals surface area (Å²) in [7, 11) is 0. The Morgan fingerprint density at radius 1 is 1.19 bits per heavy atom. The monoisotopic (exact) mass is 232 g/mol. The molecule has 4 heteroatoms. The zero-order valence-electron chi connectivity index (χ0n) is 8.35. The summed E-state index contributed by atoms with van der Waals surface area (Å²) in [5.74, 6) is -0.538. The first-order valence-corrected chi connectivity index (χ1v) is 5.07. The molecule has 1 heterocycles. The molecule has 0 unspecified atom stereocenters. The highest BCUT2D eigenvalue weighted by Gasteiger charge is 2.04. The molecule has 0 aliphatic rings. The number of hydrogen-bond acceptors (Lipinski definition) is 2. The van der Waals surface area contributed by atoms with Crippen molar-refractivity contribution in [2.24, 2.45) is 5.73 Å². The van der Waals surface area contributed by atoms with Crippen LogP contribution in [0.25, 0.3) is 11.3 Å². The number of carbonyl (C=O) groups is 1. The van der Waals surface area contributed by atoms with Gasteiger partial charge < -0.3 is 5.73 Å². The van der Waals surface area contributed by atoms with Crippen molar-refractivity contribution in [3.05, 3.63) is 53.2 Å². The lowest BCUT2D eigenvalue weighted by Gasteiger charge is -2.02. The fourth-order valence-corrected chi connectivity index (χ4v) is 1.57. The van der Waals surface area contributed by atoms with Gasteiger partial charge in [0.25, 0.3) is 5.91 Å². The van der Waals surface area contributed by atoms with E-state index in [1.165, 1.54) is 0 Å². The molecule has 1 amide bonds. The zero-order chi connectivity index (χ0) is 11.5. The summed E-state index contributed by atoms with van der Waals surface area (Å²) < 4.78 is 0. The van der Waals surface area contributed by atoms with E-state index in [2.05, 4.69) is 4.98 Å². The first-order valence-electron chi connectivity index (χ1n) is 4.69. The molecule has 16 heavy (non-hydrogen) atoms. The SMILES string of the molecule is NC(=O)c1cccc(-c2cccc(Cl)c2)n1. The van der Waals surface area contributed by atoms with E-state index < -0.39 is 5.91 Å². The van der Waals surface area contributed by atoms with Crippen LogP contribution in [0.4, 0.5) is 0 Å². The molecule has 3 nitrogen and oxygen atoms in total. The van der Waals surface area contributed by atoms with E-state index in [0.717, 1.165) is 5.56 Å². The topological polar surface area (TPSA) is 56.0 Å². The lowest BCUT2D eigenvalue weighted by Crippen LogP contribution is -2.12. The summed E-state index contributed by atoms with van der Waals surface area (Å²) in [6, 6.07) is 12.4. The predicted octanol–water partition coefficient (Wildman–Crippen LogP) is 2.50. The van der Waals surface area contributed by atoms with Gasteiger partial charge in [-0.05, 0) is 24.3 Å². The lowest BCUT2D eigenvalue weighted by molar-refractivity contribution is 0.0995. The number of benzene rings is 1. The van der Waals surface area contributed by atoms with Gasteiger partial charge in [0.2, 0.25) is 0 Å². The third-order valence-corrected chi connectivity index (χ3v) is 2.36. The van der Waals surface area contributed by atoms with Crippen molar-refractivity contribution in [2.45, 2.75) is 0 Å². The van der Waals surface area contributed by atoms with Gasteiger partial charge in [-0.25, -0.2) is 4.98 Å². The standard InChI is InChI=1S/C12H9ClN2O/c13-9-4-1-3-8(7-9)10-5-2-6-11(15-10)12(14)16/h1-7H,(H2,14,16). The van der Waals surface area contributed by atoms with Crippen LogP contribution >= 0.6 is 11.6 Å². The summed E-state index contributed by atoms with van der Waals surface area (Å²) in [5, 5.41) is 0.628. The van der Waals surface area contributed by atoms with Gasteiger partial charge in [-0.3, -0.25) is 4.79 Å². The Kier molecular flexibility index (Phi) is 2.88. The van der Waals surface area contributed by atoms with E-state index in [1.807, 2.05) is 12.1 Å². The van der Waals surface area contributed by atoms with Crippen LogP contribution in [0.15, 0.2) is 42.5 Å². The van der Waals surface area contributed by atoms with Crippen LogP contribution in [0.5, 0.6) is 0 Å². The molecule has 0 atom stereocenters. The van der Waals surface area contributed by atoms with Crippen molar-refractivity contribution < 1.29 is 4.79 Å². The van der Waals surface area contributed by atoms with Gasteiger partial charge in [-0.15, -0.1) is 0 Å². The van der Waals surface area contributed by atoms with Gasteiger partial charge in [0, 0.05) is 10.6 Å². The van der Waals surface area contributed by atoms with Crippen molar-refractivity contribution in [3.63, 3.8) is 0 Å². The smallest absolute Gasteiger partial charge is 0.267 e. The minimum absolute atomic E-state index is 0.248. The predicted molar refractivity (Wildman–Crippen MR) is 63.2 cm³/mol. The molecular formula is C12H9ClN2O. The number of halogens is 1. The van der Waals surface area contributed by atoms with Crippen LogP contribution in [0.2, 0.25) is 5.02 Å². The maximum Gasteiger partial charge on any atom is 0.267 e. The fourth-order valence-electron chi connectivity index (χ4n) is 1.38. The number of aromatic nitrogens is 1. The van der Waals surface area contributed by atoms with Crippen LogP contribution in [0.3, 0.4) is 0 Å². The van der Waals surface area contributed by atoms with Gasteiger partial charge >= 0.3 is 0 Å². The Labute approximate surface area is 97.9 Å². The first-order chi connectivity index (χ1) is 7.66. The van der Waals surface area contributed by atoms with Crippen LogP contribution in [-0.2, 0) is 0 Å². The molecule has 0 aliphatic carbocycles.